The summed E-state index contributed by atoms with van der Waals surface area (Å²) in [6, 6.07) is 16.2. The van der Waals surface area contributed by atoms with Gasteiger partial charge in [0.25, 0.3) is 5.91 Å². The average Bonchev–Trinajstić information content (AvgIpc) is 2.79. The molecule has 1 fully saturated rings. The van der Waals surface area contributed by atoms with Crippen LogP contribution in [0.25, 0.3) is 0 Å². The fourth-order valence-corrected chi connectivity index (χ4v) is 4.04. The van der Waals surface area contributed by atoms with Crippen LogP contribution in [0.15, 0.2) is 48.5 Å². The van der Waals surface area contributed by atoms with Crippen molar-refractivity contribution in [2.75, 3.05) is 19.6 Å². The Balaban J connectivity index is 1.66. The number of benzene rings is 2. The van der Waals surface area contributed by atoms with Gasteiger partial charge in [0.2, 0.25) is 0 Å². The van der Waals surface area contributed by atoms with E-state index in [-0.39, 0.29) is 23.9 Å². The van der Waals surface area contributed by atoms with Crippen molar-refractivity contribution < 1.29 is 9.59 Å². The second-order valence-corrected chi connectivity index (χ2v) is 8.04. The van der Waals surface area contributed by atoms with Gasteiger partial charge < -0.3 is 15.5 Å². The first-order valence-corrected chi connectivity index (χ1v) is 11.0. The highest BCUT2D eigenvalue weighted by Gasteiger charge is 2.25. The predicted octanol–water partition coefficient (Wildman–Crippen LogP) is 4.65. The summed E-state index contributed by atoms with van der Waals surface area (Å²) in [5.74, 6) is 0.188. The Morgan fingerprint density at radius 2 is 1.90 bits per heavy atom. The molecule has 1 saturated heterocycles. The molecule has 0 aliphatic carbocycles. The average molecular weight is 408 g/mol. The molecule has 2 aromatic rings. The monoisotopic (exact) mass is 407 g/mol. The molecule has 5 nitrogen and oxygen atoms in total. The molecule has 2 aromatic carbocycles. The number of aryl methyl sites for hydroxylation is 1. The highest BCUT2D eigenvalue weighted by Crippen LogP contribution is 2.27. The first-order chi connectivity index (χ1) is 14.5. The van der Waals surface area contributed by atoms with Gasteiger partial charge in [0.15, 0.2) is 0 Å². The molecule has 1 aliphatic rings. The molecular formula is C25H33N3O2. The van der Waals surface area contributed by atoms with Gasteiger partial charge in [-0.3, -0.25) is 4.79 Å². The van der Waals surface area contributed by atoms with Crippen LogP contribution < -0.4 is 10.6 Å². The number of rotatable bonds is 6. The number of hydrogen-bond donors (Lipinski definition) is 2. The fourth-order valence-electron chi connectivity index (χ4n) is 4.04. The van der Waals surface area contributed by atoms with Gasteiger partial charge >= 0.3 is 6.03 Å². The number of piperidine rings is 1. The third-order valence-corrected chi connectivity index (χ3v) is 5.89. The Labute approximate surface area is 179 Å². The summed E-state index contributed by atoms with van der Waals surface area (Å²) in [6.07, 6.45) is 3.01. The fraction of sp³-hybridized carbons (Fsp3) is 0.440. The normalized spacial score (nSPS) is 17.3. The number of carbonyl (C=O) groups excluding carboxylic acids is 2. The molecule has 0 radical (unpaired) electrons. The molecule has 0 saturated carbocycles. The SMILES string of the molecule is CCNC(=O)N1CCC[C@@H](c2cccc(C(=O)N[C@@H](C)c3ccc(CC)cc3)c2)C1. The summed E-state index contributed by atoms with van der Waals surface area (Å²) in [6.45, 7) is 8.19. The van der Waals surface area contributed by atoms with Crippen LogP contribution in [0, 0.1) is 0 Å². The maximum Gasteiger partial charge on any atom is 0.317 e. The molecule has 0 spiro atoms. The molecule has 3 amide bonds. The number of hydrogen-bond acceptors (Lipinski definition) is 2. The van der Waals surface area contributed by atoms with Crippen LogP contribution in [-0.2, 0) is 6.42 Å². The van der Waals surface area contributed by atoms with Crippen LogP contribution in [0.5, 0.6) is 0 Å². The number of amides is 3. The van der Waals surface area contributed by atoms with Gasteiger partial charge in [-0.05, 0) is 61.9 Å². The van der Waals surface area contributed by atoms with Gasteiger partial charge in [0.05, 0.1) is 6.04 Å². The number of urea groups is 1. The highest BCUT2D eigenvalue weighted by molar-refractivity contribution is 5.94. The summed E-state index contributed by atoms with van der Waals surface area (Å²) >= 11 is 0. The van der Waals surface area contributed by atoms with Crippen molar-refractivity contribution in [2.45, 2.75) is 52.0 Å². The first-order valence-electron chi connectivity index (χ1n) is 11.0. The maximum atomic E-state index is 12.9. The van der Waals surface area contributed by atoms with E-state index >= 15 is 0 Å². The van der Waals surface area contributed by atoms with E-state index in [4.69, 9.17) is 0 Å². The molecule has 1 heterocycles. The Bertz CT molecular complexity index is 863. The standard InChI is InChI=1S/C25H33N3O2/c1-4-19-11-13-20(14-12-19)18(3)27-24(29)22-9-6-8-21(16-22)23-10-7-15-28(17-23)25(30)26-5-2/h6,8-9,11-14,16,18,23H,4-5,7,10,15,17H2,1-3H3,(H,26,30)(H,27,29)/t18-,23+/m0/s1. The van der Waals surface area contributed by atoms with Crippen molar-refractivity contribution in [3.63, 3.8) is 0 Å². The Hall–Kier alpha value is -2.82. The van der Waals surface area contributed by atoms with Crippen LogP contribution in [0.2, 0.25) is 0 Å². The van der Waals surface area contributed by atoms with Crippen LogP contribution in [-0.4, -0.2) is 36.5 Å². The van der Waals surface area contributed by atoms with Gasteiger partial charge in [0.1, 0.15) is 0 Å². The minimum absolute atomic E-state index is 0.000913. The second kappa shape index (κ2) is 10.3. The summed E-state index contributed by atoms with van der Waals surface area (Å²) in [7, 11) is 0. The van der Waals surface area contributed by atoms with Gasteiger partial charge in [-0.1, -0.05) is 43.3 Å². The van der Waals surface area contributed by atoms with Gasteiger partial charge in [-0.2, -0.15) is 0 Å². The molecule has 5 heteroatoms. The summed E-state index contributed by atoms with van der Waals surface area (Å²) in [5.41, 5.74) is 4.18. The van der Waals surface area contributed by atoms with Crippen LogP contribution in [0.3, 0.4) is 0 Å². The molecule has 0 aromatic heterocycles. The molecule has 3 rings (SSSR count). The van der Waals surface area contributed by atoms with Crippen molar-refractivity contribution in [3.8, 4) is 0 Å². The van der Waals surface area contributed by atoms with Crippen molar-refractivity contribution in [1.29, 1.82) is 0 Å². The second-order valence-electron chi connectivity index (χ2n) is 8.04. The minimum atomic E-state index is -0.0692. The lowest BCUT2D eigenvalue weighted by Gasteiger charge is -2.33. The zero-order valence-corrected chi connectivity index (χ0v) is 18.3. The number of nitrogens with zero attached hydrogens (tertiary/aromatic N) is 1. The summed E-state index contributed by atoms with van der Waals surface area (Å²) in [5, 5.41) is 5.99. The lowest BCUT2D eigenvalue weighted by molar-refractivity contribution is 0.0939. The van der Waals surface area contributed by atoms with Crippen LogP contribution >= 0.6 is 0 Å². The molecule has 1 aliphatic heterocycles. The first kappa shape index (κ1) is 21.9. The van der Waals surface area contributed by atoms with Gasteiger partial charge in [-0.25, -0.2) is 4.79 Å². The zero-order valence-electron chi connectivity index (χ0n) is 18.3. The van der Waals surface area contributed by atoms with E-state index in [1.54, 1.807) is 0 Å². The number of likely N-dealkylation sites (tertiary alicyclic amines) is 1. The molecule has 30 heavy (non-hydrogen) atoms. The molecule has 0 bridgehead atoms. The highest BCUT2D eigenvalue weighted by atomic mass is 16.2. The zero-order chi connectivity index (χ0) is 21.5. The summed E-state index contributed by atoms with van der Waals surface area (Å²) < 4.78 is 0. The molecule has 160 valence electrons. The topological polar surface area (TPSA) is 61.4 Å². The minimum Gasteiger partial charge on any atom is -0.346 e. The van der Waals surface area contributed by atoms with Gasteiger partial charge in [0, 0.05) is 31.1 Å². The van der Waals surface area contributed by atoms with Crippen LogP contribution in [0.4, 0.5) is 4.79 Å². The lowest BCUT2D eigenvalue weighted by Crippen LogP contribution is -2.44. The molecule has 0 unspecified atom stereocenters. The van der Waals surface area contributed by atoms with Gasteiger partial charge in [-0.15, -0.1) is 0 Å². The quantitative estimate of drug-likeness (QED) is 0.732. The van der Waals surface area contributed by atoms with Crippen molar-refractivity contribution in [3.05, 3.63) is 70.8 Å². The van der Waals surface area contributed by atoms with Crippen LogP contribution in [0.1, 0.15) is 72.6 Å². The van der Waals surface area contributed by atoms with Crippen molar-refractivity contribution >= 4 is 11.9 Å². The summed E-state index contributed by atoms with van der Waals surface area (Å²) in [4.78, 5) is 26.9. The van der Waals surface area contributed by atoms with E-state index in [9.17, 15) is 9.59 Å². The van der Waals surface area contributed by atoms with E-state index < -0.39 is 0 Å². The van der Waals surface area contributed by atoms with E-state index in [0.717, 1.165) is 36.9 Å². The molecular weight excluding hydrogens is 374 g/mol. The third-order valence-electron chi connectivity index (χ3n) is 5.89. The molecule has 2 atom stereocenters. The maximum absolute atomic E-state index is 12.9. The largest absolute Gasteiger partial charge is 0.346 e. The Kier molecular flexibility index (Phi) is 7.50. The Morgan fingerprint density at radius 3 is 2.60 bits per heavy atom. The van der Waals surface area contributed by atoms with E-state index in [2.05, 4.69) is 47.9 Å². The third kappa shape index (κ3) is 5.41. The number of carbonyl (C=O) groups is 2. The van der Waals surface area contributed by atoms with Crippen molar-refractivity contribution in [2.24, 2.45) is 0 Å². The van der Waals surface area contributed by atoms with Crippen molar-refractivity contribution in [1.82, 2.24) is 15.5 Å². The predicted molar refractivity (Wildman–Crippen MR) is 121 cm³/mol. The van der Waals surface area contributed by atoms with E-state index in [1.165, 1.54) is 5.56 Å². The number of nitrogens with one attached hydrogen (secondary N) is 2. The lowest BCUT2D eigenvalue weighted by atomic mass is 9.89. The molecule has 2 N–H and O–H groups in total. The Morgan fingerprint density at radius 1 is 1.13 bits per heavy atom. The van der Waals surface area contributed by atoms with E-state index in [1.807, 2.05) is 36.9 Å². The smallest absolute Gasteiger partial charge is 0.317 e. The van der Waals surface area contributed by atoms with E-state index in [0.29, 0.717) is 18.7 Å².